The number of rotatable bonds is 4. The van der Waals surface area contributed by atoms with Crippen molar-refractivity contribution in [3.8, 4) is 0 Å². The second kappa shape index (κ2) is 5.97. The fourth-order valence-electron chi connectivity index (χ4n) is 1.68. The molecule has 4 N–H and O–H groups in total. The Morgan fingerprint density at radius 2 is 2.18 bits per heavy atom. The number of carbonyl (C=O) groups excluding carboxylic acids is 1. The van der Waals surface area contributed by atoms with Gasteiger partial charge in [-0.2, -0.15) is 0 Å². The van der Waals surface area contributed by atoms with Gasteiger partial charge in [-0.25, -0.2) is 0 Å². The molecule has 7 nitrogen and oxygen atoms in total. The third kappa shape index (κ3) is 3.16. The molecule has 1 amide bonds. The van der Waals surface area contributed by atoms with Crippen LogP contribution in [0.5, 0.6) is 0 Å². The number of ether oxygens (including phenoxy) is 2. The predicted octanol–water partition coefficient (Wildman–Crippen LogP) is -1.91. The first kappa shape index (κ1) is 13.9. The Morgan fingerprint density at radius 1 is 1.53 bits per heavy atom. The highest BCUT2D eigenvalue weighted by Gasteiger charge is 2.45. The standard InChI is InChI=1S/C10H17NO6/c1-3-16-10-7(11-5(2)13)9(15)8(14)6(4-12)17-10/h3,6-10,12,14-15H,1,4H2,2H3,(H,11,13)/t6-,7-,8+,9-,10+/m1/s1. The molecule has 0 aromatic rings. The molecule has 5 atom stereocenters. The molecular formula is C10H17NO6. The molecule has 1 rings (SSSR count). The van der Waals surface area contributed by atoms with Crippen molar-refractivity contribution < 1.29 is 29.6 Å². The molecule has 1 heterocycles. The van der Waals surface area contributed by atoms with Crippen molar-refractivity contribution in [2.75, 3.05) is 6.61 Å². The van der Waals surface area contributed by atoms with Crippen LogP contribution in [0.25, 0.3) is 0 Å². The third-order valence-corrected chi connectivity index (χ3v) is 2.48. The summed E-state index contributed by atoms with van der Waals surface area (Å²) in [6.45, 7) is 4.14. The zero-order chi connectivity index (χ0) is 13.0. The zero-order valence-corrected chi connectivity index (χ0v) is 9.44. The Balaban J connectivity index is 2.82. The smallest absolute Gasteiger partial charge is 0.222 e. The van der Waals surface area contributed by atoms with Gasteiger partial charge in [-0.1, -0.05) is 6.58 Å². The fourth-order valence-corrected chi connectivity index (χ4v) is 1.68. The molecule has 7 heteroatoms. The minimum absolute atomic E-state index is 0.398. The summed E-state index contributed by atoms with van der Waals surface area (Å²) in [4.78, 5) is 11.0. The van der Waals surface area contributed by atoms with Gasteiger partial charge in [0.1, 0.15) is 24.4 Å². The average molecular weight is 247 g/mol. The number of hydrogen-bond acceptors (Lipinski definition) is 6. The first-order chi connectivity index (χ1) is 8.01. The van der Waals surface area contributed by atoms with Gasteiger partial charge in [0.15, 0.2) is 0 Å². The van der Waals surface area contributed by atoms with Crippen molar-refractivity contribution in [3.05, 3.63) is 12.8 Å². The molecule has 0 bridgehead atoms. The van der Waals surface area contributed by atoms with Crippen LogP contribution in [0, 0.1) is 0 Å². The first-order valence-electron chi connectivity index (χ1n) is 5.17. The molecule has 1 fully saturated rings. The average Bonchev–Trinajstić information content (AvgIpc) is 2.28. The van der Waals surface area contributed by atoms with E-state index in [1.165, 1.54) is 6.92 Å². The quantitative estimate of drug-likeness (QED) is 0.432. The predicted molar refractivity (Wildman–Crippen MR) is 56.6 cm³/mol. The molecule has 0 unspecified atom stereocenters. The Labute approximate surface area is 98.6 Å². The minimum Gasteiger partial charge on any atom is -0.471 e. The largest absolute Gasteiger partial charge is 0.471 e. The molecule has 0 spiro atoms. The number of amides is 1. The molecule has 0 radical (unpaired) electrons. The summed E-state index contributed by atoms with van der Waals surface area (Å²) in [6.07, 6.45) is -3.48. The molecule has 98 valence electrons. The number of carbonyl (C=O) groups is 1. The van der Waals surface area contributed by atoms with Crippen molar-refractivity contribution in [2.24, 2.45) is 0 Å². The third-order valence-electron chi connectivity index (χ3n) is 2.48. The zero-order valence-electron chi connectivity index (χ0n) is 9.44. The van der Waals surface area contributed by atoms with Crippen molar-refractivity contribution in [1.82, 2.24) is 5.32 Å². The lowest BCUT2D eigenvalue weighted by Crippen LogP contribution is -2.64. The highest BCUT2D eigenvalue weighted by atomic mass is 16.7. The van der Waals surface area contributed by atoms with E-state index in [0.717, 1.165) is 6.26 Å². The Hall–Kier alpha value is -1.15. The normalized spacial score (nSPS) is 37.3. The summed E-state index contributed by atoms with van der Waals surface area (Å²) < 4.78 is 10.2. The van der Waals surface area contributed by atoms with Crippen LogP contribution in [-0.2, 0) is 14.3 Å². The maximum atomic E-state index is 11.0. The van der Waals surface area contributed by atoms with Crippen LogP contribution in [0.1, 0.15) is 6.92 Å². The van der Waals surface area contributed by atoms with Gasteiger partial charge in [-0.15, -0.1) is 0 Å². The Kier molecular flexibility index (Phi) is 4.88. The van der Waals surface area contributed by atoms with Crippen LogP contribution in [0.15, 0.2) is 12.8 Å². The summed E-state index contributed by atoms with van der Waals surface area (Å²) in [6, 6.07) is -0.928. The SMILES string of the molecule is C=CO[C@H]1O[C@H](CO)[C@H](O)[C@H](O)[C@H]1NC(C)=O. The van der Waals surface area contributed by atoms with E-state index in [-0.39, 0.29) is 0 Å². The minimum atomic E-state index is -1.30. The van der Waals surface area contributed by atoms with Gasteiger partial charge in [0.25, 0.3) is 0 Å². The molecule has 1 aliphatic heterocycles. The second-order valence-electron chi connectivity index (χ2n) is 3.74. The van der Waals surface area contributed by atoms with Gasteiger partial charge in [-0.3, -0.25) is 4.79 Å². The first-order valence-corrected chi connectivity index (χ1v) is 5.17. The van der Waals surface area contributed by atoms with E-state index in [1.54, 1.807) is 0 Å². The molecule has 17 heavy (non-hydrogen) atoms. The van der Waals surface area contributed by atoms with Crippen LogP contribution >= 0.6 is 0 Å². The van der Waals surface area contributed by atoms with Gasteiger partial charge in [-0.05, 0) is 0 Å². The molecule has 1 aliphatic rings. The highest BCUT2D eigenvalue weighted by Crippen LogP contribution is 2.22. The summed E-state index contributed by atoms with van der Waals surface area (Å²) in [5.74, 6) is -0.398. The number of nitrogens with one attached hydrogen (secondary N) is 1. The van der Waals surface area contributed by atoms with E-state index in [9.17, 15) is 15.0 Å². The lowest BCUT2D eigenvalue weighted by atomic mass is 9.97. The maximum Gasteiger partial charge on any atom is 0.222 e. The monoisotopic (exact) mass is 247 g/mol. The summed E-state index contributed by atoms with van der Waals surface area (Å²) in [7, 11) is 0. The van der Waals surface area contributed by atoms with E-state index < -0.39 is 43.2 Å². The van der Waals surface area contributed by atoms with E-state index in [0.29, 0.717) is 0 Å². The summed E-state index contributed by atoms with van der Waals surface area (Å²) in [5.41, 5.74) is 0. The molecule has 0 aliphatic carbocycles. The van der Waals surface area contributed by atoms with E-state index in [4.69, 9.17) is 14.6 Å². The summed E-state index contributed by atoms with van der Waals surface area (Å²) in [5, 5.41) is 30.8. The topological polar surface area (TPSA) is 108 Å². The van der Waals surface area contributed by atoms with Gasteiger partial charge in [0, 0.05) is 6.92 Å². The molecule has 1 saturated heterocycles. The van der Waals surface area contributed by atoms with Crippen LogP contribution in [0.4, 0.5) is 0 Å². The van der Waals surface area contributed by atoms with Crippen LogP contribution in [0.2, 0.25) is 0 Å². The van der Waals surface area contributed by atoms with Crippen molar-refractivity contribution in [3.63, 3.8) is 0 Å². The Morgan fingerprint density at radius 3 is 2.65 bits per heavy atom. The maximum absolute atomic E-state index is 11.0. The van der Waals surface area contributed by atoms with Gasteiger partial charge in [0.05, 0.1) is 12.9 Å². The lowest BCUT2D eigenvalue weighted by Gasteiger charge is -2.41. The molecule has 0 saturated carbocycles. The number of aliphatic hydroxyl groups excluding tert-OH is 3. The van der Waals surface area contributed by atoms with Gasteiger partial charge >= 0.3 is 0 Å². The van der Waals surface area contributed by atoms with Crippen LogP contribution < -0.4 is 5.32 Å². The fraction of sp³-hybridized carbons (Fsp3) is 0.700. The van der Waals surface area contributed by atoms with Gasteiger partial charge in [0.2, 0.25) is 12.2 Å². The second-order valence-corrected chi connectivity index (χ2v) is 3.74. The van der Waals surface area contributed by atoms with E-state index in [2.05, 4.69) is 11.9 Å². The van der Waals surface area contributed by atoms with E-state index >= 15 is 0 Å². The number of aliphatic hydroxyl groups is 3. The van der Waals surface area contributed by atoms with Gasteiger partial charge < -0.3 is 30.1 Å². The van der Waals surface area contributed by atoms with Crippen molar-refractivity contribution >= 4 is 5.91 Å². The number of hydrogen-bond donors (Lipinski definition) is 4. The molecular weight excluding hydrogens is 230 g/mol. The lowest BCUT2D eigenvalue weighted by molar-refractivity contribution is -0.255. The molecule has 0 aromatic heterocycles. The van der Waals surface area contributed by atoms with Crippen molar-refractivity contribution in [1.29, 1.82) is 0 Å². The van der Waals surface area contributed by atoms with Crippen LogP contribution in [-0.4, -0.2) is 58.5 Å². The summed E-state index contributed by atoms with van der Waals surface area (Å²) >= 11 is 0. The molecule has 0 aromatic carbocycles. The van der Waals surface area contributed by atoms with Crippen molar-refractivity contribution in [2.45, 2.75) is 37.6 Å². The van der Waals surface area contributed by atoms with Crippen LogP contribution in [0.3, 0.4) is 0 Å². The van der Waals surface area contributed by atoms with E-state index in [1.807, 2.05) is 0 Å². The Bertz CT molecular complexity index is 284. The highest BCUT2D eigenvalue weighted by molar-refractivity contribution is 5.73.